The van der Waals surface area contributed by atoms with Gasteiger partial charge in [-0.2, -0.15) is 0 Å². The second-order valence-electron chi connectivity index (χ2n) is 16.6. The van der Waals surface area contributed by atoms with E-state index in [1.807, 2.05) is 0 Å². The molecule has 0 atom stereocenters. The second kappa shape index (κ2) is 14.7. The zero-order valence-electron chi connectivity index (χ0n) is 34.3. The standard InChI is InChI=1S/C59H47N/c1-3-59(4-2)56-36-40(24-26-45-29-34-53(44-16-9-6-10-17-44)58-51(22-13-23-52(45)58)43-14-7-5-8-15-43)25-33-54(56)55-35-32-50(39-57(55)59)60(48-30-27-41-18-11-20-46(41)37-48)49-31-28-42-19-12-21-47(42)38-49/h5-19,22-39H,3-4,20-21H2,1-2H3/b26-24+. The average molecular weight is 770 g/mol. The van der Waals surface area contributed by atoms with Gasteiger partial charge in [-0.05, 0) is 151 Å². The van der Waals surface area contributed by atoms with Crippen molar-refractivity contribution in [3.8, 4) is 33.4 Å². The molecule has 0 heterocycles. The highest BCUT2D eigenvalue weighted by molar-refractivity contribution is 6.10. The van der Waals surface area contributed by atoms with Gasteiger partial charge in [0.25, 0.3) is 0 Å². The van der Waals surface area contributed by atoms with Crippen LogP contribution in [0.25, 0.3) is 68.5 Å². The summed E-state index contributed by atoms with van der Waals surface area (Å²) >= 11 is 0. The molecule has 0 aromatic heterocycles. The summed E-state index contributed by atoms with van der Waals surface area (Å²) in [7, 11) is 0. The zero-order valence-corrected chi connectivity index (χ0v) is 34.3. The van der Waals surface area contributed by atoms with Gasteiger partial charge >= 0.3 is 0 Å². The second-order valence-corrected chi connectivity index (χ2v) is 16.6. The van der Waals surface area contributed by atoms with Gasteiger partial charge in [0, 0.05) is 22.5 Å². The molecule has 0 saturated carbocycles. The number of allylic oxidation sites excluding steroid dienone is 2. The highest BCUT2D eigenvalue weighted by atomic mass is 15.1. The quantitative estimate of drug-likeness (QED) is 0.132. The van der Waals surface area contributed by atoms with Gasteiger partial charge < -0.3 is 4.90 Å². The van der Waals surface area contributed by atoms with Crippen LogP contribution in [0.4, 0.5) is 17.1 Å². The summed E-state index contributed by atoms with van der Waals surface area (Å²) < 4.78 is 0. The molecule has 0 unspecified atom stereocenters. The lowest BCUT2D eigenvalue weighted by Gasteiger charge is -2.32. The fourth-order valence-electron chi connectivity index (χ4n) is 10.4. The van der Waals surface area contributed by atoms with Gasteiger partial charge in [0.15, 0.2) is 0 Å². The molecule has 8 aromatic rings. The largest absolute Gasteiger partial charge is 0.310 e. The van der Waals surface area contributed by atoms with Crippen molar-refractivity contribution in [2.24, 2.45) is 0 Å². The van der Waals surface area contributed by atoms with E-state index < -0.39 is 0 Å². The molecule has 1 nitrogen and oxygen atoms in total. The van der Waals surface area contributed by atoms with E-state index >= 15 is 0 Å². The molecule has 0 saturated heterocycles. The van der Waals surface area contributed by atoms with Gasteiger partial charge in [-0.15, -0.1) is 0 Å². The molecule has 0 amide bonds. The first-order valence-electron chi connectivity index (χ1n) is 21.6. The lowest BCUT2D eigenvalue weighted by atomic mass is 9.73. The molecule has 3 aliphatic carbocycles. The smallest absolute Gasteiger partial charge is 0.0465 e. The molecular weight excluding hydrogens is 723 g/mol. The number of rotatable bonds is 9. The fourth-order valence-corrected chi connectivity index (χ4v) is 10.4. The maximum absolute atomic E-state index is 2.51. The molecular formula is C59H47N. The van der Waals surface area contributed by atoms with E-state index in [4.69, 9.17) is 0 Å². The molecule has 3 aliphatic rings. The van der Waals surface area contributed by atoms with Crippen LogP contribution in [0, 0.1) is 0 Å². The van der Waals surface area contributed by atoms with Gasteiger partial charge in [0.05, 0.1) is 0 Å². The van der Waals surface area contributed by atoms with Crippen molar-refractivity contribution in [3.63, 3.8) is 0 Å². The van der Waals surface area contributed by atoms with E-state index in [-0.39, 0.29) is 5.41 Å². The first kappa shape index (κ1) is 36.1. The van der Waals surface area contributed by atoms with Crippen molar-refractivity contribution in [3.05, 3.63) is 220 Å². The van der Waals surface area contributed by atoms with Crippen molar-refractivity contribution in [2.75, 3.05) is 4.90 Å². The van der Waals surface area contributed by atoms with Crippen LogP contribution in [-0.2, 0) is 18.3 Å². The highest BCUT2D eigenvalue weighted by Crippen LogP contribution is 2.55. The molecule has 0 spiro atoms. The van der Waals surface area contributed by atoms with Crippen molar-refractivity contribution in [1.29, 1.82) is 0 Å². The Kier molecular flexibility index (Phi) is 8.85. The monoisotopic (exact) mass is 769 g/mol. The van der Waals surface area contributed by atoms with Crippen LogP contribution in [0.2, 0.25) is 0 Å². The van der Waals surface area contributed by atoms with Crippen molar-refractivity contribution >= 4 is 52.1 Å². The minimum Gasteiger partial charge on any atom is -0.310 e. The SMILES string of the molecule is CCC1(CC)c2cc(/C=C/c3ccc(-c4ccccc4)c4c(-c5ccccc5)cccc34)ccc2-c2ccc(N(c3ccc4c(c3)CC=C4)c3ccc4c(c3)CC=C4)cc21. The summed E-state index contributed by atoms with van der Waals surface area (Å²) in [6.07, 6.45) is 17.7. The van der Waals surface area contributed by atoms with E-state index in [0.717, 1.165) is 25.7 Å². The summed E-state index contributed by atoms with van der Waals surface area (Å²) in [5.74, 6) is 0. The molecule has 1 heteroatoms. The Bertz CT molecular complexity index is 2940. The van der Waals surface area contributed by atoms with Crippen LogP contribution in [-0.4, -0.2) is 0 Å². The molecule has 0 N–H and O–H groups in total. The number of benzene rings is 8. The Balaban J connectivity index is 0.993. The van der Waals surface area contributed by atoms with Gasteiger partial charge in [0.2, 0.25) is 0 Å². The van der Waals surface area contributed by atoms with Crippen LogP contribution in [0.1, 0.15) is 71.2 Å². The van der Waals surface area contributed by atoms with Crippen LogP contribution in [0.5, 0.6) is 0 Å². The maximum atomic E-state index is 2.51. The molecule has 0 bridgehead atoms. The van der Waals surface area contributed by atoms with Crippen LogP contribution < -0.4 is 4.90 Å². The third kappa shape index (κ3) is 5.91. The fraction of sp³-hybridized carbons (Fsp3) is 0.119. The Labute approximate surface area is 354 Å². The molecule has 0 fully saturated rings. The van der Waals surface area contributed by atoms with Gasteiger partial charge in [-0.1, -0.05) is 178 Å². The number of hydrogen-bond donors (Lipinski definition) is 0. The Morgan fingerprint density at radius 2 is 1.03 bits per heavy atom. The summed E-state index contributed by atoms with van der Waals surface area (Å²) in [6, 6.07) is 61.4. The first-order chi connectivity index (χ1) is 29.6. The predicted molar refractivity (Wildman–Crippen MR) is 257 cm³/mol. The van der Waals surface area contributed by atoms with Gasteiger partial charge in [0.1, 0.15) is 0 Å². The summed E-state index contributed by atoms with van der Waals surface area (Å²) in [5.41, 5.74) is 22.0. The molecule has 0 radical (unpaired) electrons. The van der Waals surface area contributed by atoms with Crippen molar-refractivity contribution in [1.82, 2.24) is 0 Å². The summed E-state index contributed by atoms with van der Waals surface area (Å²) in [5, 5.41) is 2.55. The third-order valence-corrected chi connectivity index (χ3v) is 13.6. The van der Waals surface area contributed by atoms with Crippen LogP contribution in [0.3, 0.4) is 0 Å². The normalized spacial score (nSPS) is 14.1. The molecule has 8 aromatic carbocycles. The maximum Gasteiger partial charge on any atom is 0.0465 e. The van der Waals surface area contributed by atoms with Crippen LogP contribution in [0.15, 0.2) is 176 Å². The van der Waals surface area contributed by atoms with Crippen LogP contribution >= 0.6 is 0 Å². The topological polar surface area (TPSA) is 3.24 Å². The third-order valence-electron chi connectivity index (χ3n) is 13.6. The first-order valence-corrected chi connectivity index (χ1v) is 21.6. The highest BCUT2D eigenvalue weighted by Gasteiger charge is 2.41. The van der Waals surface area contributed by atoms with E-state index in [1.54, 1.807) is 0 Å². The molecule has 11 rings (SSSR count). The Morgan fingerprint density at radius 1 is 0.483 bits per heavy atom. The van der Waals surface area contributed by atoms with Crippen molar-refractivity contribution in [2.45, 2.75) is 44.9 Å². The van der Waals surface area contributed by atoms with Crippen molar-refractivity contribution < 1.29 is 0 Å². The lowest BCUT2D eigenvalue weighted by Crippen LogP contribution is -2.23. The minimum absolute atomic E-state index is 0.0888. The number of nitrogens with zero attached hydrogens (tertiary/aromatic N) is 1. The predicted octanol–water partition coefficient (Wildman–Crippen LogP) is 16.0. The average Bonchev–Trinajstić information content (AvgIpc) is 4.05. The van der Waals surface area contributed by atoms with E-state index in [9.17, 15) is 0 Å². The molecule has 0 aliphatic heterocycles. The van der Waals surface area contributed by atoms with E-state index in [1.165, 1.54) is 106 Å². The number of fused-ring (bicyclic) bond motifs is 6. The van der Waals surface area contributed by atoms with Gasteiger partial charge in [-0.25, -0.2) is 0 Å². The van der Waals surface area contributed by atoms with Gasteiger partial charge in [-0.3, -0.25) is 0 Å². The number of anilines is 3. The Hall–Kier alpha value is -6.96. The van der Waals surface area contributed by atoms with E-state index in [2.05, 4.69) is 219 Å². The minimum atomic E-state index is -0.0888. The molecule has 288 valence electrons. The number of hydrogen-bond acceptors (Lipinski definition) is 1. The molecule has 60 heavy (non-hydrogen) atoms. The summed E-state index contributed by atoms with van der Waals surface area (Å²) in [4.78, 5) is 2.49. The lowest BCUT2D eigenvalue weighted by molar-refractivity contribution is 0.490. The summed E-state index contributed by atoms with van der Waals surface area (Å²) in [6.45, 7) is 4.75. The zero-order chi connectivity index (χ0) is 40.2. The Morgan fingerprint density at radius 3 is 1.67 bits per heavy atom. The van der Waals surface area contributed by atoms with E-state index in [0.29, 0.717) is 0 Å².